The molecular weight excluding hydrogens is 338 g/mol. The summed E-state index contributed by atoms with van der Waals surface area (Å²) in [5.41, 5.74) is 2.54. The predicted molar refractivity (Wildman–Crippen MR) is 98.9 cm³/mol. The topological polar surface area (TPSA) is 63.6 Å². The molecule has 1 saturated carbocycles. The number of aromatic nitrogens is 1. The lowest BCUT2D eigenvalue weighted by Gasteiger charge is -2.23. The molecule has 25 heavy (non-hydrogen) atoms. The van der Waals surface area contributed by atoms with Gasteiger partial charge in [0.15, 0.2) is 0 Å². The molecule has 1 unspecified atom stereocenters. The predicted octanol–water partition coefficient (Wildman–Crippen LogP) is 5.07. The molecular formula is C19H20ClN3O2. The zero-order valence-corrected chi connectivity index (χ0v) is 14.6. The monoisotopic (exact) mass is 357 g/mol. The highest BCUT2D eigenvalue weighted by molar-refractivity contribution is 6.30. The van der Waals surface area contributed by atoms with Crippen LogP contribution < -0.4 is 5.32 Å². The second-order valence-corrected chi connectivity index (χ2v) is 6.50. The third-order valence-corrected chi connectivity index (χ3v) is 4.44. The molecule has 1 fully saturated rings. The number of carbonyl (C=O) groups is 1. The number of nitrogens with zero attached hydrogens (tertiary/aromatic N) is 2. The average Bonchev–Trinajstić information content (AvgIpc) is 2.62. The molecule has 0 radical (unpaired) electrons. The molecule has 0 saturated heterocycles. The number of nitrogens with one attached hydrogen (secondary N) is 1. The van der Waals surface area contributed by atoms with E-state index < -0.39 is 6.09 Å². The first kappa shape index (κ1) is 17.4. The van der Waals surface area contributed by atoms with Gasteiger partial charge < -0.3 is 0 Å². The fraction of sp³-hybridized carbons (Fsp3) is 0.316. The Bertz CT molecular complexity index is 749. The number of pyridine rings is 1. The Balaban J connectivity index is 1.60. The molecule has 1 aromatic heterocycles. The van der Waals surface area contributed by atoms with Gasteiger partial charge in [0.2, 0.25) is 0 Å². The summed E-state index contributed by atoms with van der Waals surface area (Å²) in [4.78, 5) is 21.4. The van der Waals surface area contributed by atoms with Crippen molar-refractivity contribution < 1.29 is 9.63 Å². The molecule has 0 bridgehead atoms. The molecule has 1 aliphatic rings. The van der Waals surface area contributed by atoms with Gasteiger partial charge in [-0.25, -0.2) is 4.79 Å². The van der Waals surface area contributed by atoms with Crippen molar-refractivity contribution in [3.8, 4) is 0 Å². The van der Waals surface area contributed by atoms with Crippen LogP contribution in [0.2, 0.25) is 5.02 Å². The zero-order chi connectivity index (χ0) is 17.5. The molecule has 5 nitrogen and oxygen atoms in total. The van der Waals surface area contributed by atoms with Crippen molar-refractivity contribution >= 4 is 29.1 Å². The molecule has 0 aliphatic heterocycles. The van der Waals surface area contributed by atoms with Gasteiger partial charge in [-0.3, -0.25) is 15.1 Å². The van der Waals surface area contributed by atoms with Gasteiger partial charge in [0.1, 0.15) is 0 Å². The summed E-state index contributed by atoms with van der Waals surface area (Å²) < 4.78 is 0. The van der Waals surface area contributed by atoms with Crippen molar-refractivity contribution in [2.45, 2.75) is 32.1 Å². The molecule has 130 valence electrons. The van der Waals surface area contributed by atoms with E-state index in [1.807, 2.05) is 18.2 Å². The summed E-state index contributed by atoms with van der Waals surface area (Å²) >= 11 is 5.90. The van der Waals surface area contributed by atoms with Crippen LogP contribution in [0.1, 0.15) is 31.4 Å². The Labute approximate surface area is 152 Å². The van der Waals surface area contributed by atoms with Gasteiger partial charge in [0, 0.05) is 28.5 Å². The lowest BCUT2D eigenvalue weighted by molar-refractivity contribution is 0.165. The maximum atomic E-state index is 11.9. The SMILES string of the molecule is O=C(Nc1cccc(Cl)c1)O/N=C1\CCCCC1Cc1ccccn1. The molecule has 1 amide bonds. The molecule has 3 rings (SSSR count). The van der Waals surface area contributed by atoms with Gasteiger partial charge in [0.05, 0.1) is 5.71 Å². The van der Waals surface area contributed by atoms with E-state index in [9.17, 15) is 4.79 Å². The van der Waals surface area contributed by atoms with Crippen LogP contribution in [0.5, 0.6) is 0 Å². The van der Waals surface area contributed by atoms with Crippen molar-refractivity contribution in [1.29, 1.82) is 0 Å². The summed E-state index contributed by atoms with van der Waals surface area (Å²) in [5, 5.41) is 7.29. The fourth-order valence-corrected chi connectivity index (χ4v) is 3.18. The third-order valence-electron chi connectivity index (χ3n) is 4.21. The van der Waals surface area contributed by atoms with Crippen LogP contribution in [0.4, 0.5) is 10.5 Å². The van der Waals surface area contributed by atoms with E-state index in [-0.39, 0.29) is 5.92 Å². The highest BCUT2D eigenvalue weighted by Gasteiger charge is 2.22. The lowest BCUT2D eigenvalue weighted by Crippen LogP contribution is -2.23. The minimum atomic E-state index is -0.614. The molecule has 6 heteroatoms. The van der Waals surface area contributed by atoms with E-state index in [0.29, 0.717) is 10.7 Å². The van der Waals surface area contributed by atoms with Gasteiger partial charge in [-0.05, 0) is 56.0 Å². The van der Waals surface area contributed by atoms with Gasteiger partial charge in [-0.15, -0.1) is 0 Å². The summed E-state index contributed by atoms with van der Waals surface area (Å²) in [6, 6.07) is 12.8. The van der Waals surface area contributed by atoms with Gasteiger partial charge in [-0.2, -0.15) is 0 Å². The quantitative estimate of drug-likeness (QED) is 0.613. The lowest BCUT2D eigenvalue weighted by atomic mass is 9.84. The van der Waals surface area contributed by atoms with Gasteiger partial charge in [0.25, 0.3) is 0 Å². The van der Waals surface area contributed by atoms with E-state index in [2.05, 4.69) is 15.5 Å². The molecule has 1 N–H and O–H groups in total. The number of anilines is 1. The Morgan fingerprint density at radius 1 is 1.28 bits per heavy atom. The molecule has 2 aromatic rings. The Morgan fingerprint density at radius 3 is 3.00 bits per heavy atom. The number of halogens is 1. The Morgan fingerprint density at radius 2 is 2.20 bits per heavy atom. The van der Waals surface area contributed by atoms with Crippen molar-refractivity contribution in [1.82, 2.24) is 4.98 Å². The molecule has 1 heterocycles. The van der Waals surface area contributed by atoms with E-state index in [0.717, 1.165) is 43.5 Å². The van der Waals surface area contributed by atoms with E-state index >= 15 is 0 Å². The van der Waals surface area contributed by atoms with Crippen molar-refractivity contribution in [2.75, 3.05) is 5.32 Å². The number of rotatable bonds is 4. The zero-order valence-electron chi connectivity index (χ0n) is 13.8. The molecule has 1 aliphatic carbocycles. The number of hydrogen-bond acceptors (Lipinski definition) is 4. The van der Waals surface area contributed by atoms with E-state index in [4.69, 9.17) is 16.4 Å². The average molecular weight is 358 g/mol. The normalized spacial score (nSPS) is 18.8. The number of oxime groups is 1. The fourth-order valence-electron chi connectivity index (χ4n) is 2.99. The van der Waals surface area contributed by atoms with E-state index in [1.165, 1.54) is 0 Å². The second-order valence-electron chi connectivity index (χ2n) is 6.06. The number of amides is 1. The minimum absolute atomic E-state index is 0.266. The summed E-state index contributed by atoms with van der Waals surface area (Å²) in [5.74, 6) is 0.266. The number of hydrogen-bond donors (Lipinski definition) is 1. The summed E-state index contributed by atoms with van der Waals surface area (Å²) in [7, 11) is 0. The molecule has 1 aromatic carbocycles. The molecule has 0 spiro atoms. The highest BCUT2D eigenvalue weighted by atomic mass is 35.5. The summed E-state index contributed by atoms with van der Waals surface area (Å²) in [6.07, 6.45) is 6.11. The third kappa shape index (κ3) is 5.29. The van der Waals surface area contributed by atoms with Crippen LogP contribution >= 0.6 is 11.6 Å². The number of carbonyl (C=O) groups excluding carboxylic acids is 1. The maximum Gasteiger partial charge on any atom is 0.437 e. The maximum absolute atomic E-state index is 11.9. The van der Waals surface area contributed by atoms with Crippen molar-refractivity contribution in [3.63, 3.8) is 0 Å². The van der Waals surface area contributed by atoms with E-state index in [1.54, 1.807) is 30.5 Å². The first-order chi connectivity index (χ1) is 12.2. The van der Waals surface area contributed by atoms with Crippen LogP contribution in [0, 0.1) is 5.92 Å². The first-order valence-corrected chi connectivity index (χ1v) is 8.79. The standard InChI is InChI=1S/C19H20ClN3O2/c20-15-7-5-9-17(13-15)22-19(24)25-23-18-10-2-1-6-14(18)12-16-8-3-4-11-21-16/h3-5,7-9,11,13-14H,1-2,6,10,12H2,(H,22,24)/b23-18+. The van der Waals surface area contributed by atoms with Crippen LogP contribution in [0.15, 0.2) is 53.8 Å². The van der Waals surface area contributed by atoms with Crippen molar-refractivity contribution in [3.05, 3.63) is 59.4 Å². The smallest absolute Gasteiger partial charge is 0.298 e. The van der Waals surface area contributed by atoms with Crippen LogP contribution in [-0.4, -0.2) is 16.8 Å². The van der Waals surface area contributed by atoms with Gasteiger partial charge in [-0.1, -0.05) is 35.3 Å². The van der Waals surface area contributed by atoms with Crippen LogP contribution in [0.25, 0.3) is 0 Å². The van der Waals surface area contributed by atoms with Gasteiger partial charge >= 0.3 is 6.09 Å². The van der Waals surface area contributed by atoms with Crippen LogP contribution in [0.3, 0.4) is 0 Å². The largest absolute Gasteiger partial charge is 0.437 e. The number of benzene rings is 1. The second kappa shape index (κ2) is 8.62. The first-order valence-electron chi connectivity index (χ1n) is 8.41. The highest BCUT2D eigenvalue weighted by Crippen LogP contribution is 2.25. The minimum Gasteiger partial charge on any atom is -0.298 e. The Hall–Kier alpha value is -2.40. The van der Waals surface area contributed by atoms with Crippen LogP contribution in [-0.2, 0) is 11.3 Å². The van der Waals surface area contributed by atoms with Crippen molar-refractivity contribution in [2.24, 2.45) is 11.1 Å². The molecule has 1 atom stereocenters. The summed E-state index contributed by atoms with van der Waals surface area (Å²) in [6.45, 7) is 0. The Kier molecular flexibility index (Phi) is 6.01.